The Bertz CT molecular complexity index is 554. The zero-order valence-corrected chi connectivity index (χ0v) is 14.0. The largest absolute Gasteiger partial charge is 0.508 e. The van der Waals surface area contributed by atoms with Crippen LogP contribution in [0.2, 0.25) is 0 Å². The Morgan fingerprint density at radius 1 is 0.895 bits per heavy atom. The predicted octanol–water partition coefficient (Wildman–Crippen LogP) is 5.18. The van der Waals surface area contributed by atoms with Gasteiger partial charge in [-0.15, -0.1) is 0 Å². The topological polar surface area (TPSA) is 40.5 Å². The molecule has 2 aromatic rings. The molecule has 0 saturated carbocycles. The summed E-state index contributed by atoms with van der Waals surface area (Å²) in [5, 5.41) is 18.2. The van der Waals surface area contributed by atoms with E-state index in [2.05, 4.69) is 31.9 Å². The van der Waals surface area contributed by atoms with Gasteiger partial charge in [0.25, 0.3) is 0 Å². The normalized spacial score (nSPS) is 9.68. The zero-order valence-electron chi connectivity index (χ0n) is 10.8. The molecule has 19 heavy (non-hydrogen) atoms. The number of benzene rings is 2. The maximum Gasteiger partial charge on any atom is 0.118 e. The van der Waals surface area contributed by atoms with Gasteiger partial charge in [0.1, 0.15) is 11.5 Å². The highest BCUT2D eigenvalue weighted by atomic mass is 79.9. The van der Waals surface area contributed by atoms with E-state index in [1.165, 1.54) is 0 Å². The smallest absolute Gasteiger partial charge is 0.118 e. The van der Waals surface area contributed by atoms with Crippen LogP contribution in [0.15, 0.2) is 45.3 Å². The van der Waals surface area contributed by atoms with E-state index in [0.29, 0.717) is 11.5 Å². The van der Waals surface area contributed by atoms with Crippen molar-refractivity contribution < 1.29 is 10.2 Å². The molecule has 0 heterocycles. The Hall–Kier alpha value is -1.00. The summed E-state index contributed by atoms with van der Waals surface area (Å²) in [5.41, 5.74) is 1.87. The second-order valence-electron chi connectivity index (χ2n) is 4.06. The third-order valence-electron chi connectivity index (χ3n) is 2.58. The fourth-order valence-electron chi connectivity index (χ4n) is 1.46. The SMILES string of the molecule is CCc1cc(Br)ccc1O.Cc1cc(Br)ccc1O. The fourth-order valence-corrected chi connectivity index (χ4v) is 2.34. The van der Waals surface area contributed by atoms with Crippen LogP contribution in [0.4, 0.5) is 0 Å². The van der Waals surface area contributed by atoms with Gasteiger partial charge in [-0.05, 0) is 60.9 Å². The van der Waals surface area contributed by atoms with Crippen molar-refractivity contribution in [1.82, 2.24) is 0 Å². The molecule has 2 nitrogen and oxygen atoms in total. The molecule has 2 aromatic carbocycles. The Kier molecular flexibility index (Phi) is 6.38. The van der Waals surface area contributed by atoms with E-state index in [0.717, 1.165) is 26.5 Å². The highest BCUT2D eigenvalue weighted by Crippen LogP contribution is 2.21. The van der Waals surface area contributed by atoms with Crippen LogP contribution in [0, 0.1) is 6.92 Å². The van der Waals surface area contributed by atoms with Gasteiger partial charge >= 0.3 is 0 Å². The molecule has 0 saturated heterocycles. The van der Waals surface area contributed by atoms with Gasteiger partial charge in [-0.1, -0.05) is 38.8 Å². The molecule has 0 atom stereocenters. The maximum absolute atomic E-state index is 9.21. The Labute approximate surface area is 130 Å². The summed E-state index contributed by atoms with van der Waals surface area (Å²) in [5.74, 6) is 0.726. The summed E-state index contributed by atoms with van der Waals surface area (Å²) >= 11 is 6.61. The van der Waals surface area contributed by atoms with E-state index < -0.39 is 0 Å². The van der Waals surface area contributed by atoms with Gasteiger partial charge in [-0.3, -0.25) is 0 Å². The van der Waals surface area contributed by atoms with Crippen molar-refractivity contribution in [3.63, 3.8) is 0 Å². The van der Waals surface area contributed by atoms with E-state index >= 15 is 0 Å². The van der Waals surface area contributed by atoms with Gasteiger partial charge in [-0.25, -0.2) is 0 Å². The van der Waals surface area contributed by atoms with Crippen molar-refractivity contribution in [1.29, 1.82) is 0 Å². The molecule has 4 heteroatoms. The van der Waals surface area contributed by atoms with Gasteiger partial charge in [0, 0.05) is 8.95 Å². The van der Waals surface area contributed by atoms with Crippen LogP contribution in [0.1, 0.15) is 18.1 Å². The average molecular weight is 388 g/mol. The maximum atomic E-state index is 9.21. The lowest BCUT2D eigenvalue weighted by molar-refractivity contribution is 0.468. The van der Waals surface area contributed by atoms with Crippen molar-refractivity contribution in [3.05, 3.63) is 56.5 Å². The number of hydrogen-bond donors (Lipinski definition) is 2. The molecule has 0 aliphatic rings. The first-order chi connectivity index (χ1) is 8.93. The molecule has 0 amide bonds. The Morgan fingerprint density at radius 3 is 1.84 bits per heavy atom. The standard InChI is InChI=1S/C8H9BrO.C7H7BrO/c1-2-6-5-7(9)3-4-8(6)10;1-5-4-6(8)2-3-7(5)9/h3-5,10H,2H2,1H3;2-4,9H,1H3. The van der Waals surface area contributed by atoms with Crippen molar-refractivity contribution in [2.75, 3.05) is 0 Å². The first-order valence-electron chi connectivity index (χ1n) is 5.86. The van der Waals surface area contributed by atoms with Gasteiger partial charge in [0.05, 0.1) is 0 Å². The lowest BCUT2D eigenvalue weighted by atomic mass is 10.1. The number of halogens is 2. The van der Waals surface area contributed by atoms with Crippen LogP contribution < -0.4 is 0 Å². The van der Waals surface area contributed by atoms with E-state index in [-0.39, 0.29) is 0 Å². The number of phenolic OH excluding ortho intramolecular Hbond substituents is 2. The molecule has 0 aliphatic carbocycles. The van der Waals surface area contributed by atoms with Crippen LogP contribution in [0.3, 0.4) is 0 Å². The molecule has 0 fully saturated rings. The summed E-state index contributed by atoms with van der Waals surface area (Å²) in [6.45, 7) is 3.88. The molecule has 2 rings (SSSR count). The highest BCUT2D eigenvalue weighted by molar-refractivity contribution is 9.10. The first-order valence-corrected chi connectivity index (χ1v) is 7.45. The van der Waals surface area contributed by atoms with Crippen molar-refractivity contribution in [3.8, 4) is 11.5 Å². The second-order valence-corrected chi connectivity index (χ2v) is 5.89. The quantitative estimate of drug-likeness (QED) is 0.707. The fraction of sp³-hybridized carbons (Fsp3) is 0.200. The van der Waals surface area contributed by atoms with Gasteiger partial charge < -0.3 is 10.2 Å². The molecule has 2 N–H and O–H groups in total. The van der Waals surface area contributed by atoms with E-state index in [1.54, 1.807) is 12.1 Å². The van der Waals surface area contributed by atoms with Gasteiger partial charge in [-0.2, -0.15) is 0 Å². The lowest BCUT2D eigenvalue weighted by Crippen LogP contribution is -1.79. The summed E-state index contributed by atoms with van der Waals surface area (Å²) < 4.78 is 2.01. The van der Waals surface area contributed by atoms with E-state index in [1.807, 2.05) is 38.1 Å². The Morgan fingerprint density at radius 2 is 1.42 bits per heavy atom. The number of aryl methyl sites for hydroxylation is 2. The van der Waals surface area contributed by atoms with Crippen LogP contribution in [-0.4, -0.2) is 10.2 Å². The summed E-state index contributed by atoms with van der Waals surface area (Å²) in [6, 6.07) is 10.8. The molecular formula is C15H16Br2O2. The van der Waals surface area contributed by atoms with Crippen molar-refractivity contribution in [2.45, 2.75) is 20.3 Å². The summed E-state index contributed by atoms with van der Waals surface area (Å²) in [4.78, 5) is 0. The summed E-state index contributed by atoms with van der Waals surface area (Å²) in [6.07, 6.45) is 0.866. The molecular weight excluding hydrogens is 372 g/mol. The third-order valence-corrected chi connectivity index (χ3v) is 3.57. The predicted molar refractivity (Wildman–Crippen MR) is 85.7 cm³/mol. The summed E-state index contributed by atoms with van der Waals surface area (Å²) in [7, 11) is 0. The second kappa shape index (κ2) is 7.56. The van der Waals surface area contributed by atoms with Gasteiger partial charge in [0.15, 0.2) is 0 Å². The van der Waals surface area contributed by atoms with Crippen LogP contribution in [0.25, 0.3) is 0 Å². The minimum Gasteiger partial charge on any atom is -0.508 e. The van der Waals surface area contributed by atoms with E-state index in [9.17, 15) is 5.11 Å². The van der Waals surface area contributed by atoms with E-state index in [4.69, 9.17) is 5.11 Å². The highest BCUT2D eigenvalue weighted by Gasteiger charge is 1.97. The lowest BCUT2D eigenvalue weighted by Gasteiger charge is -1.99. The first kappa shape index (κ1) is 16.1. The van der Waals surface area contributed by atoms with Crippen LogP contribution in [-0.2, 0) is 6.42 Å². The number of hydrogen-bond acceptors (Lipinski definition) is 2. The molecule has 0 radical (unpaired) electrons. The van der Waals surface area contributed by atoms with Crippen LogP contribution >= 0.6 is 31.9 Å². The minimum absolute atomic E-state index is 0.346. The van der Waals surface area contributed by atoms with Crippen LogP contribution in [0.5, 0.6) is 11.5 Å². The molecule has 0 aromatic heterocycles. The molecule has 0 bridgehead atoms. The van der Waals surface area contributed by atoms with Crippen molar-refractivity contribution >= 4 is 31.9 Å². The van der Waals surface area contributed by atoms with Crippen molar-refractivity contribution in [2.24, 2.45) is 0 Å². The minimum atomic E-state index is 0.346. The monoisotopic (exact) mass is 386 g/mol. The zero-order chi connectivity index (χ0) is 14.4. The Balaban J connectivity index is 0.000000191. The number of aromatic hydroxyl groups is 2. The molecule has 0 aliphatic heterocycles. The number of rotatable bonds is 1. The third kappa shape index (κ3) is 5.25. The average Bonchev–Trinajstić information content (AvgIpc) is 2.38. The number of phenols is 2. The molecule has 0 unspecified atom stereocenters. The molecule has 102 valence electrons. The van der Waals surface area contributed by atoms with Gasteiger partial charge in [0.2, 0.25) is 0 Å². The molecule has 0 spiro atoms.